The van der Waals surface area contributed by atoms with Crippen LogP contribution in [0.4, 0.5) is 0 Å². The first kappa shape index (κ1) is 13.8. The van der Waals surface area contributed by atoms with Crippen LogP contribution in [-0.4, -0.2) is 24.7 Å². The van der Waals surface area contributed by atoms with E-state index in [0.29, 0.717) is 6.42 Å². The van der Waals surface area contributed by atoms with E-state index in [0.717, 1.165) is 23.6 Å². The molecule has 0 N–H and O–H groups in total. The summed E-state index contributed by atoms with van der Waals surface area (Å²) in [7, 11) is 1.31. The molecule has 1 aliphatic heterocycles. The molecule has 1 unspecified atom stereocenters. The van der Waals surface area contributed by atoms with Gasteiger partial charge in [-0.2, -0.15) is 8.42 Å². The minimum Gasteiger partial charge on any atom is -0.274 e. The van der Waals surface area contributed by atoms with Crippen LogP contribution in [0.15, 0.2) is 0 Å². The highest BCUT2D eigenvalue weighted by molar-refractivity contribution is 8.12. The molecule has 0 aromatic heterocycles. The first-order chi connectivity index (χ1) is 7.46. The van der Waals surface area contributed by atoms with E-state index in [2.05, 4.69) is 6.92 Å². The summed E-state index contributed by atoms with van der Waals surface area (Å²) in [6, 6.07) is -0.198. The van der Waals surface area contributed by atoms with Crippen molar-refractivity contribution in [1.82, 2.24) is 4.31 Å². The van der Waals surface area contributed by atoms with Crippen LogP contribution in [0.25, 0.3) is 0 Å². The highest BCUT2D eigenvalue weighted by Crippen LogP contribution is 2.29. The lowest BCUT2D eigenvalue weighted by atomic mass is 9.98. The molecule has 1 heterocycles. The number of nitrogens with zero attached hydrogens (tertiary/aromatic N) is 1. The first-order valence-electron chi connectivity index (χ1n) is 5.73. The van der Waals surface area contributed by atoms with E-state index in [4.69, 9.17) is 10.7 Å². The number of amides is 1. The maximum absolute atomic E-state index is 11.1. The number of hydrogen-bond donors (Lipinski definition) is 0. The first-order valence-corrected chi connectivity index (χ1v) is 8.00. The Morgan fingerprint density at radius 2 is 1.94 bits per heavy atom. The van der Waals surface area contributed by atoms with Gasteiger partial charge in [-0.15, -0.1) is 0 Å². The lowest BCUT2D eigenvalue weighted by Crippen LogP contribution is -2.53. The van der Waals surface area contributed by atoms with Crippen LogP contribution in [0.5, 0.6) is 0 Å². The van der Waals surface area contributed by atoms with Gasteiger partial charge in [0.25, 0.3) is 0 Å². The van der Waals surface area contributed by atoms with Crippen molar-refractivity contribution in [3.05, 3.63) is 0 Å². The van der Waals surface area contributed by atoms with Crippen LogP contribution in [0, 0.1) is 0 Å². The summed E-state index contributed by atoms with van der Waals surface area (Å²) in [6.07, 6.45) is 6.67. The van der Waals surface area contributed by atoms with Gasteiger partial charge in [-0.25, -0.2) is 4.31 Å². The van der Waals surface area contributed by atoms with Crippen molar-refractivity contribution in [1.29, 1.82) is 0 Å². The minimum atomic E-state index is -3.86. The number of halogens is 1. The lowest BCUT2D eigenvalue weighted by molar-refractivity contribution is -0.137. The van der Waals surface area contributed by atoms with E-state index < -0.39 is 9.24 Å². The second-order valence-corrected chi connectivity index (χ2v) is 6.58. The zero-order valence-electron chi connectivity index (χ0n) is 9.49. The van der Waals surface area contributed by atoms with Gasteiger partial charge in [0.05, 0.1) is 6.04 Å². The zero-order valence-corrected chi connectivity index (χ0v) is 11.1. The molecule has 0 aliphatic carbocycles. The molecule has 94 valence electrons. The molecule has 0 aromatic rings. The summed E-state index contributed by atoms with van der Waals surface area (Å²) >= 11 is 0. The third-order valence-corrected chi connectivity index (χ3v) is 4.28. The molecule has 4 nitrogen and oxygen atoms in total. The molecule has 1 rings (SSSR count). The Labute approximate surface area is 102 Å². The quantitative estimate of drug-likeness (QED) is 0.404. The molecule has 0 spiro atoms. The Hall–Kier alpha value is -0.290. The highest BCUT2D eigenvalue weighted by Gasteiger charge is 2.42. The van der Waals surface area contributed by atoms with Crippen molar-refractivity contribution in [3.63, 3.8) is 0 Å². The largest absolute Gasteiger partial charge is 0.324 e. The van der Waals surface area contributed by atoms with Crippen LogP contribution in [0.1, 0.15) is 51.9 Å². The minimum absolute atomic E-state index is 0.198. The van der Waals surface area contributed by atoms with Gasteiger partial charge in [0, 0.05) is 17.1 Å². The van der Waals surface area contributed by atoms with E-state index in [-0.39, 0.29) is 11.9 Å². The Kier molecular flexibility index (Phi) is 5.05. The van der Waals surface area contributed by atoms with Crippen LogP contribution in [0.2, 0.25) is 0 Å². The lowest BCUT2D eigenvalue weighted by Gasteiger charge is -2.37. The molecule has 6 heteroatoms. The number of hydrogen-bond acceptors (Lipinski definition) is 3. The number of rotatable bonds is 7. The van der Waals surface area contributed by atoms with Gasteiger partial charge in [0.2, 0.25) is 5.91 Å². The Morgan fingerprint density at radius 1 is 1.31 bits per heavy atom. The summed E-state index contributed by atoms with van der Waals surface area (Å²) in [5.41, 5.74) is 0. The summed E-state index contributed by atoms with van der Waals surface area (Å²) in [6.45, 7) is 2.15. The average molecular weight is 268 g/mol. The standard InChI is InChI=1S/C10H18ClNO3S/c1-2-3-4-5-6-7-9-8-10(13)12(9)16(11,14)15/h9H,2-8H2,1H3. The van der Waals surface area contributed by atoms with Gasteiger partial charge in [-0.3, -0.25) is 4.79 Å². The molecule has 16 heavy (non-hydrogen) atoms. The van der Waals surface area contributed by atoms with E-state index >= 15 is 0 Å². The van der Waals surface area contributed by atoms with Crippen LogP contribution < -0.4 is 0 Å². The molecule has 0 aromatic carbocycles. The SMILES string of the molecule is CCCCCCCC1CC(=O)N1S(=O)(=O)Cl. The van der Waals surface area contributed by atoms with Gasteiger partial charge >= 0.3 is 9.24 Å². The van der Waals surface area contributed by atoms with Crippen molar-refractivity contribution in [2.45, 2.75) is 57.9 Å². The van der Waals surface area contributed by atoms with Crippen molar-refractivity contribution in [2.75, 3.05) is 0 Å². The second kappa shape index (κ2) is 5.87. The van der Waals surface area contributed by atoms with Crippen molar-refractivity contribution < 1.29 is 13.2 Å². The van der Waals surface area contributed by atoms with Crippen LogP contribution in [0.3, 0.4) is 0 Å². The highest BCUT2D eigenvalue weighted by atomic mass is 35.7. The Bertz CT molecular complexity index is 342. The summed E-state index contributed by atoms with van der Waals surface area (Å²) in [5.74, 6) is -0.381. The van der Waals surface area contributed by atoms with E-state index in [1.165, 1.54) is 19.3 Å². The van der Waals surface area contributed by atoms with E-state index in [9.17, 15) is 13.2 Å². The molecule has 0 radical (unpaired) electrons. The van der Waals surface area contributed by atoms with Gasteiger partial charge in [-0.05, 0) is 6.42 Å². The smallest absolute Gasteiger partial charge is 0.274 e. The summed E-state index contributed by atoms with van der Waals surface area (Å²) in [5, 5.41) is 0. The number of carbonyl (C=O) groups excluding carboxylic acids is 1. The third-order valence-electron chi connectivity index (χ3n) is 2.86. The third kappa shape index (κ3) is 3.63. The Balaban J connectivity index is 2.26. The van der Waals surface area contributed by atoms with E-state index in [1.807, 2.05) is 0 Å². The molecule has 1 atom stereocenters. The molecule has 0 bridgehead atoms. The second-order valence-electron chi connectivity index (χ2n) is 4.19. The predicted molar refractivity (Wildman–Crippen MR) is 63.4 cm³/mol. The molecule has 1 fully saturated rings. The number of β-lactam (4-membered cyclic amide) rings is 1. The molecular weight excluding hydrogens is 250 g/mol. The Morgan fingerprint density at radius 3 is 2.44 bits per heavy atom. The topological polar surface area (TPSA) is 54.5 Å². The number of unbranched alkanes of at least 4 members (excludes halogenated alkanes) is 4. The fourth-order valence-corrected chi connectivity index (χ4v) is 3.39. The van der Waals surface area contributed by atoms with Crippen LogP contribution in [-0.2, 0) is 14.0 Å². The van der Waals surface area contributed by atoms with Crippen molar-refractivity contribution in [3.8, 4) is 0 Å². The fourth-order valence-electron chi connectivity index (χ4n) is 1.97. The summed E-state index contributed by atoms with van der Waals surface area (Å²) < 4.78 is 22.9. The summed E-state index contributed by atoms with van der Waals surface area (Å²) in [4.78, 5) is 11.1. The van der Waals surface area contributed by atoms with Crippen LogP contribution >= 0.6 is 10.7 Å². The normalized spacial score (nSPS) is 21.0. The van der Waals surface area contributed by atoms with Gasteiger partial charge in [0.1, 0.15) is 0 Å². The monoisotopic (exact) mass is 267 g/mol. The molecule has 1 aliphatic rings. The maximum atomic E-state index is 11.1. The maximum Gasteiger partial charge on any atom is 0.324 e. The molecule has 0 saturated carbocycles. The zero-order chi connectivity index (χ0) is 12.2. The molecular formula is C10H18ClNO3S. The number of carbonyl (C=O) groups is 1. The fraction of sp³-hybridized carbons (Fsp3) is 0.900. The van der Waals surface area contributed by atoms with E-state index in [1.54, 1.807) is 0 Å². The van der Waals surface area contributed by atoms with Gasteiger partial charge < -0.3 is 0 Å². The average Bonchev–Trinajstić information content (AvgIpc) is 2.12. The predicted octanol–water partition coefficient (Wildman–Crippen LogP) is 2.43. The van der Waals surface area contributed by atoms with Crippen molar-refractivity contribution in [2.24, 2.45) is 0 Å². The van der Waals surface area contributed by atoms with Gasteiger partial charge in [-0.1, -0.05) is 39.0 Å². The van der Waals surface area contributed by atoms with Crippen molar-refractivity contribution >= 4 is 25.8 Å². The molecule has 1 amide bonds. The van der Waals surface area contributed by atoms with Gasteiger partial charge in [0.15, 0.2) is 0 Å². The molecule has 1 saturated heterocycles.